The Bertz CT molecular complexity index is 617. The van der Waals surface area contributed by atoms with E-state index in [2.05, 4.69) is 18.9 Å². The maximum atomic E-state index is 12.2. The monoisotopic (exact) mass is 341 g/mol. The van der Waals surface area contributed by atoms with Crippen LogP contribution in [0.15, 0.2) is 26.9 Å². The van der Waals surface area contributed by atoms with Gasteiger partial charge in [-0.1, -0.05) is 6.07 Å². The van der Waals surface area contributed by atoms with E-state index >= 15 is 0 Å². The zero-order valence-corrected chi connectivity index (χ0v) is 13.8. The lowest BCUT2D eigenvalue weighted by atomic mass is 9.98. The summed E-state index contributed by atoms with van der Waals surface area (Å²) in [6, 6.07) is 5.64. The van der Waals surface area contributed by atoms with Gasteiger partial charge < -0.3 is 11.1 Å². The predicted molar refractivity (Wildman–Crippen MR) is 92.1 cm³/mol. The third-order valence-electron chi connectivity index (χ3n) is 3.86. The normalized spacial score (nSPS) is 20.0. The highest BCUT2D eigenvalue weighted by Gasteiger charge is 2.21. The number of nitrogens with two attached hydrogens (primary N) is 1. The third-order valence-corrected chi connectivity index (χ3v) is 4.41. The Labute approximate surface area is 139 Å². The van der Waals surface area contributed by atoms with Gasteiger partial charge in [0.2, 0.25) is 5.91 Å². The molecule has 1 saturated heterocycles. The lowest BCUT2D eigenvalue weighted by Gasteiger charge is -2.31. The van der Waals surface area contributed by atoms with Crippen LogP contribution in [0.3, 0.4) is 0 Å². The van der Waals surface area contributed by atoms with Crippen LogP contribution in [0.1, 0.15) is 12.8 Å². The molecule has 0 saturated carbocycles. The molecule has 6 nitrogen and oxygen atoms in total. The van der Waals surface area contributed by atoms with E-state index in [-0.39, 0.29) is 18.3 Å². The predicted octanol–water partition coefficient (Wildman–Crippen LogP) is 2.44. The summed E-state index contributed by atoms with van der Waals surface area (Å²) in [6.45, 7) is 2.98. The van der Waals surface area contributed by atoms with Crippen molar-refractivity contribution in [1.82, 2.24) is 4.90 Å². The van der Waals surface area contributed by atoms with Gasteiger partial charge in [0, 0.05) is 6.54 Å². The molecule has 0 aliphatic carbocycles. The Morgan fingerprint density at radius 1 is 1.45 bits per heavy atom. The van der Waals surface area contributed by atoms with Crippen LogP contribution in [-0.2, 0) is 16.1 Å². The summed E-state index contributed by atoms with van der Waals surface area (Å²) in [6.07, 6.45) is 2.28. The number of carbonyl (C=O) groups excluding carboxylic acids is 1. The van der Waals surface area contributed by atoms with Gasteiger partial charge in [-0.25, -0.2) is 0 Å². The Hall–Kier alpha value is -1.28. The number of nitrogens with zero attached hydrogens (tertiary/aromatic N) is 3. The first-order valence-corrected chi connectivity index (χ1v) is 7.93. The minimum Gasteiger partial charge on any atom is -0.330 e. The van der Waals surface area contributed by atoms with Crippen LogP contribution < -0.4 is 11.1 Å². The second-order valence-corrected chi connectivity index (χ2v) is 5.99. The minimum atomic E-state index is -0.00632. The molecule has 3 N–H and O–H groups in total. The van der Waals surface area contributed by atoms with Crippen molar-refractivity contribution >= 4 is 46.7 Å². The summed E-state index contributed by atoms with van der Waals surface area (Å²) in [5, 5.41) is 2.94. The average Bonchev–Trinajstić information content (AvgIpc) is 2.97. The smallest absolute Gasteiger partial charge is 0.238 e. The maximum Gasteiger partial charge on any atom is 0.238 e. The molecule has 22 heavy (non-hydrogen) atoms. The van der Waals surface area contributed by atoms with Gasteiger partial charge in [-0.3, -0.25) is 9.69 Å². The van der Waals surface area contributed by atoms with Gasteiger partial charge in [0.25, 0.3) is 0 Å². The van der Waals surface area contributed by atoms with Crippen LogP contribution >= 0.6 is 12.4 Å². The molecule has 2 aliphatic rings. The molecule has 1 fully saturated rings. The largest absolute Gasteiger partial charge is 0.330 e. The molecule has 1 unspecified atom stereocenters. The molecule has 2 heterocycles. The molecule has 2 aliphatic heterocycles. The number of nitrogens with one attached hydrogen (secondary N) is 1. The third kappa shape index (κ3) is 3.92. The molecule has 0 aromatic heterocycles. The van der Waals surface area contributed by atoms with Crippen LogP contribution in [0.5, 0.6) is 0 Å². The number of anilines is 1. The number of piperidine rings is 1. The van der Waals surface area contributed by atoms with Gasteiger partial charge in [0.05, 0.1) is 23.6 Å². The van der Waals surface area contributed by atoms with Crippen molar-refractivity contribution < 1.29 is 4.79 Å². The molecule has 0 radical (unpaired) electrons. The lowest BCUT2D eigenvalue weighted by Crippen LogP contribution is -2.42. The standard InChI is InChI=1S/C14H19N5OS.ClH/c15-7-10-3-2-6-19(8-10)9-13(20)16-11-4-1-5-12-14(11)18-21-17-12;/h1,4-5,10H,2-3,6-9,15H2,(H,16,20);1H. The fourth-order valence-corrected chi connectivity index (χ4v) is 3.34. The van der Waals surface area contributed by atoms with Gasteiger partial charge in [0.1, 0.15) is 11.4 Å². The van der Waals surface area contributed by atoms with Crippen LogP contribution in [0.2, 0.25) is 0 Å². The molecule has 1 amide bonds. The van der Waals surface area contributed by atoms with E-state index in [0.717, 1.165) is 47.9 Å². The maximum absolute atomic E-state index is 12.2. The van der Waals surface area contributed by atoms with Crippen LogP contribution in [-0.4, -0.2) is 37.0 Å². The summed E-state index contributed by atoms with van der Waals surface area (Å²) >= 11 is 1.16. The Kier molecular flexibility index (Phi) is 6.07. The topological polar surface area (TPSA) is 83.1 Å². The number of fused-ring (bicyclic) bond motifs is 1. The highest BCUT2D eigenvalue weighted by molar-refractivity contribution is 7.58. The van der Waals surface area contributed by atoms with E-state index < -0.39 is 0 Å². The molecule has 1 aromatic carbocycles. The number of carbonyl (C=O) groups is 1. The number of likely N-dealkylation sites (tertiary alicyclic amines) is 1. The molecule has 1 atom stereocenters. The van der Waals surface area contributed by atoms with E-state index in [9.17, 15) is 4.79 Å². The van der Waals surface area contributed by atoms with E-state index in [1.807, 2.05) is 18.2 Å². The Morgan fingerprint density at radius 3 is 3.14 bits per heavy atom. The minimum absolute atomic E-state index is 0. The highest BCUT2D eigenvalue weighted by atomic mass is 35.5. The van der Waals surface area contributed by atoms with Gasteiger partial charge in [-0.15, -0.1) is 12.4 Å². The van der Waals surface area contributed by atoms with E-state index in [0.29, 0.717) is 19.0 Å². The molecule has 120 valence electrons. The van der Waals surface area contributed by atoms with E-state index in [4.69, 9.17) is 5.73 Å². The van der Waals surface area contributed by atoms with Crippen molar-refractivity contribution in [2.24, 2.45) is 20.4 Å². The Morgan fingerprint density at radius 2 is 2.32 bits per heavy atom. The fraction of sp³-hybridized carbons (Fsp3) is 0.500. The molecular formula is C14H20ClN5OS. The van der Waals surface area contributed by atoms with Crippen molar-refractivity contribution in [3.05, 3.63) is 18.2 Å². The molecule has 1 aromatic rings. The summed E-state index contributed by atoms with van der Waals surface area (Å²) in [5.41, 5.74) is 8.04. The van der Waals surface area contributed by atoms with Crippen LogP contribution in [0, 0.1) is 5.92 Å². The average molecular weight is 342 g/mol. The molecule has 8 heteroatoms. The van der Waals surface area contributed by atoms with Gasteiger partial charge in [0.15, 0.2) is 0 Å². The number of hydrogen-bond donors (Lipinski definition) is 2. The quantitative estimate of drug-likeness (QED) is 0.896. The molecule has 3 rings (SSSR count). The second kappa shape index (κ2) is 7.82. The molecule has 0 bridgehead atoms. The summed E-state index contributed by atoms with van der Waals surface area (Å²) in [4.78, 5) is 14.4. The van der Waals surface area contributed by atoms with Crippen molar-refractivity contribution in [3.8, 4) is 0 Å². The summed E-state index contributed by atoms with van der Waals surface area (Å²) < 4.78 is 8.41. The second-order valence-electron chi connectivity index (χ2n) is 5.46. The van der Waals surface area contributed by atoms with Gasteiger partial charge in [-0.2, -0.15) is 8.73 Å². The van der Waals surface area contributed by atoms with Gasteiger partial charge in [-0.05, 0) is 44.0 Å². The zero-order chi connectivity index (χ0) is 14.7. The van der Waals surface area contributed by atoms with Crippen molar-refractivity contribution in [2.45, 2.75) is 12.8 Å². The van der Waals surface area contributed by atoms with Crippen LogP contribution in [0.25, 0.3) is 0 Å². The molecule has 0 spiro atoms. The number of amides is 1. The highest BCUT2D eigenvalue weighted by Crippen LogP contribution is 2.38. The molecular weight excluding hydrogens is 322 g/mol. The first-order chi connectivity index (χ1) is 10.3. The summed E-state index contributed by atoms with van der Waals surface area (Å²) in [5.74, 6) is 0.505. The number of halogens is 1. The SMILES string of the molecule is Cl.NCC1CCCN(CC(=O)Nc2cccc3c2N=S=N3)C1. The number of hydrogen-bond acceptors (Lipinski definition) is 5. The lowest BCUT2D eigenvalue weighted by molar-refractivity contribution is -0.117. The van der Waals surface area contributed by atoms with Gasteiger partial charge >= 0.3 is 0 Å². The first kappa shape index (κ1) is 17.1. The van der Waals surface area contributed by atoms with Crippen molar-refractivity contribution in [2.75, 3.05) is 31.5 Å². The van der Waals surface area contributed by atoms with Crippen molar-refractivity contribution in [3.63, 3.8) is 0 Å². The van der Waals surface area contributed by atoms with Crippen LogP contribution in [0.4, 0.5) is 17.1 Å². The number of benzene rings is 1. The first-order valence-electron chi connectivity index (χ1n) is 7.20. The summed E-state index contributed by atoms with van der Waals surface area (Å²) in [7, 11) is 0. The zero-order valence-electron chi connectivity index (χ0n) is 12.2. The fourth-order valence-electron chi connectivity index (χ4n) is 2.79. The van der Waals surface area contributed by atoms with E-state index in [1.54, 1.807) is 0 Å². The van der Waals surface area contributed by atoms with E-state index in [1.165, 1.54) is 6.42 Å². The van der Waals surface area contributed by atoms with Crippen molar-refractivity contribution in [1.29, 1.82) is 0 Å². The Balaban J connectivity index is 0.00000176. The number of rotatable bonds is 4.